The second-order valence-electron chi connectivity index (χ2n) is 8.44. The Labute approximate surface area is 189 Å². The largest absolute Gasteiger partial charge is 0.372 e. The molecular formula is C25H45N3O3. The third-order valence-corrected chi connectivity index (χ3v) is 5.49. The van der Waals surface area contributed by atoms with E-state index < -0.39 is 0 Å². The molecule has 0 spiro atoms. The van der Waals surface area contributed by atoms with Gasteiger partial charge >= 0.3 is 0 Å². The number of ether oxygens (including phenoxy) is 1. The van der Waals surface area contributed by atoms with Crippen LogP contribution in [0.3, 0.4) is 0 Å². The van der Waals surface area contributed by atoms with E-state index in [2.05, 4.69) is 28.7 Å². The summed E-state index contributed by atoms with van der Waals surface area (Å²) in [5.74, 6) is 0.264. The SMILES string of the molecule is C=CCCCCCCC(=O)NCCN(CCNC(=O)CCCCCCC=C)CC1CO1. The lowest BCUT2D eigenvalue weighted by Gasteiger charge is -2.22. The van der Waals surface area contributed by atoms with Crippen LogP contribution in [-0.2, 0) is 14.3 Å². The average Bonchev–Trinajstić information content (AvgIpc) is 3.57. The van der Waals surface area contributed by atoms with Gasteiger partial charge in [0.2, 0.25) is 11.8 Å². The number of hydrogen-bond donors (Lipinski definition) is 2. The van der Waals surface area contributed by atoms with E-state index in [1.165, 1.54) is 0 Å². The van der Waals surface area contributed by atoms with Crippen molar-refractivity contribution in [3.05, 3.63) is 25.3 Å². The van der Waals surface area contributed by atoms with Crippen LogP contribution >= 0.6 is 0 Å². The van der Waals surface area contributed by atoms with Crippen molar-refractivity contribution in [1.29, 1.82) is 0 Å². The van der Waals surface area contributed by atoms with Crippen molar-refractivity contribution >= 4 is 11.8 Å². The number of nitrogens with zero attached hydrogens (tertiary/aromatic N) is 1. The summed E-state index contributed by atoms with van der Waals surface area (Å²) in [6.07, 6.45) is 16.3. The Morgan fingerprint density at radius 3 is 1.68 bits per heavy atom. The third-order valence-electron chi connectivity index (χ3n) is 5.49. The molecule has 178 valence electrons. The first-order chi connectivity index (χ1) is 15.2. The summed E-state index contributed by atoms with van der Waals surface area (Å²) < 4.78 is 5.35. The van der Waals surface area contributed by atoms with Gasteiger partial charge in [-0.1, -0.05) is 37.8 Å². The Bertz CT molecular complexity index is 468. The Morgan fingerprint density at radius 2 is 1.26 bits per heavy atom. The summed E-state index contributed by atoms with van der Waals surface area (Å²) in [4.78, 5) is 26.3. The van der Waals surface area contributed by atoms with Crippen molar-refractivity contribution in [1.82, 2.24) is 15.5 Å². The Balaban J connectivity index is 2.07. The fourth-order valence-corrected chi connectivity index (χ4v) is 3.50. The first-order valence-electron chi connectivity index (χ1n) is 12.2. The van der Waals surface area contributed by atoms with Gasteiger partial charge in [-0.05, 0) is 38.5 Å². The monoisotopic (exact) mass is 435 g/mol. The van der Waals surface area contributed by atoms with Crippen LogP contribution in [0.25, 0.3) is 0 Å². The predicted molar refractivity (Wildman–Crippen MR) is 128 cm³/mol. The maximum atomic E-state index is 12.0. The lowest BCUT2D eigenvalue weighted by Crippen LogP contribution is -2.41. The highest BCUT2D eigenvalue weighted by Crippen LogP contribution is 2.10. The lowest BCUT2D eigenvalue weighted by molar-refractivity contribution is -0.121. The minimum Gasteiger partial charge on any atom is -0.372 e. The van der Waals surface area contributed by atoms with Crippen molar-refractivity contribution in [2.45, 2.75) is 83.2 Å². The van der Waals surface area contributed by atoms with E-state index >= 15 is 0 Å². The number of hydrogen-bond acceptors (Lipinski definition) is 4. The molecule has 31 heavy (non-hydrogen) atoms. The van der Waals surface area contributed by atoms with E-state index in [0.29, 0.717) is 32.0 Å². The second-order valence-corrected chi connectivity index (χ2v) is 8.44. The molecular weight excluding hydrogens is 390 g/mol. The fourth-order valence-electron chi connectivity index (χ4n) is 3.50. The number of rotatable bonds is 22. The van der Waals surface area contributed by atoms with E-state index in [9.17, 15) is 9.59 Å². The van der Waals surface area contributed by atoms with Crippen LogP contribution in [0.5, 0.6) is 0 Å². The molecule has 0 aromatic rings. The number of nitrogens with one attached hydrogen (secondary N) is 2. The number of epoxide rings is 1. The topological polar surface area (TPSA) is 74.0 Å². The molecule has 6 heteroatoms. The van der Waals surface area contributed by atoms with E-state index in [1.807, 2.05) is 12.2 Å². The normalized spacial score (nSPS) is 14.9. The standard InChI is InChI=1S/C25H45N3O3/c1-3-5-7-9-11-13-15-24(29)26-17-19-28(21-23-22-31-23)20-18-27-25(30)16-14-12-10-8-6-4-2/h3-4,23H,1-2,5-22H2,(H,26,29)(H,27,30). The van der Waals surface area contributed by atoms with Crippen LogP contribution in [0.1, 0.15) is 77.0 Å². The van der Waals surface area contributed by atoms with Crippen LogP contribution in [-0.4, -0.2) is 62.1 Å². The molecule has 0 aromatic carbocycles. The molecule has 1 fully saturated rings. The van der Waals surface area contributed by atoms with Crippen molar-refractivity contribution in [2.24, 2.45) is 0 Å². The number of allylic oxidation sites excluding steroid dienone is 2. The zero-order valence-corrected chi connectivity index (χ0v) is 19.5. The van der Waals surface area contributed by atoms with Crippen molar-refractivity contribution in [3.63, 3.8) is 0 Å². The summed E-state index contributed by atoms with van der Waals surface area (Å²) in [5.41, 5.74) is 0. The quantitative estimate of drug-likeness (QED) is 0.153. The highest BCUT2D eigenvalue weighted by molar-refractivity contribution is 5.76. The summed E-state index contributed by atoms with van der Waals surface area (Å²) in [5, 5.41) is 6.05. The molecule has 0 aromatic heterocycles. The van der Waals surface area contributed by atoms with Gasteiger partial charge in [-0.15, -0.1) is 13.2 Å². The van der Waals surface area contributed by atoms with Gasteiger partial charge in [0.1, 0.15) is 0 Å². The maximum absolute atomic E-state index is 12.0. The number of carbonyl (C=O) groups excluding carboxylic acids is 2. The molecule has 0 radical (unpaired) electrons. The molecule has 0 aliphatic carbocycles. The zero-order valence-electron chi connectivity index (χ0n) is 19.5. The minimum absolute atomic E-state index is 0.132. The second kappa shape index (κ2) is 19.1. The Kier molecular flexibility index (Phi) is 16.8. The molecule has 1 rings (SSSR count). The van der Waals surface area contributed by atoms with E-state index in [4.69, 9.17) is 4.74 Å². The van der Waals surface area contributed by atoms with Gasteiger partial charge in [-0.3, -0.25) is 14.5 Å². The molecule has 0 bridgehead atoms. The summed E-state index contributed by atoms with van der Waals surface area (Å²) in [6.45, 7) is 12.0. The molecule has 1 saturated heterocycles. The lowest BCUT2D eigenvalue weighted by atomic mass is 10.1. The van der Waals surface area contributed by atoms with Gasteiger partial charge in [0.15, 0.2) is 0 Å². The molecule has 1 aliphatic heterocycles. The van der Waals surface area contributed by atoms with Gasteiger partial charge in [0.25, 0.3) is 0 Å². The molecule has 2 N–H and O–H groups in total. The summed E-state index contributed by atoms with van der Waals surface area (Å²) in [6, 6.07) is 0. The van der Waals surface area contributed by atoms with Gasteiger partial charge in [0.05, 0.1) is 12.7 Å². The fraction of sp³-hybridized carbons (Fsp3) is 0.760. The minimum atomic E-state index is 0.132. The van der Waals surface area contributed by atoms with Crippen LogP contribution in [0.4, 0.5) is 0 Å². The van der Waals surface area contributed by atoms with Gasteiger partial charge in [-0.2, -0.15) is 0 Å². The zero-order chi connectivity index (χ0) is 22.6. The molecule has 2 amide bonds. The van der Waals surface area contributed by atoms with Crippen molar-refractivity contribution in [3.8, 4) is 0 Å². The highest BCUT2D eigenvalue weighted by atomic mass is 16.6. The van der Waals surface area contributed by atoms with Gasteiger partial charge in [-0.25, -0.2) is 0 Å². The maximum Gasteiger partial charge on any atom is 0.220 e. The smallest absolute Gasteiger partial charge is 0.220 e. The number of carbonyl (C=O) groups is 2. The van der Waals surface area contributed by atoms with Crippen LogP contribution < -0.4 is 10.6 Å². The molecule has 1 unspecified atom stereocenters. The third kappa shape index (κ3) is 17.7. The number of unbranched alkanes of at least 4 members (excludes halogenated alkanes) is 8. The van der Waals surface area contributed by atoms with E-state index in [0.717, 1.165) is 90.4 Å². The molecule has 1 atom stereocenters. The average molecular weight is 436 g/mol. The highest BCUT2D eigenvalue weighted by Gasteiger charge is 2.25. The van der Waals surface area contributed by atoms with E-state index in [-0.39, 0.29) is 11.8 Å². The van der Waals surface area contributed by atoms with Crippen LogP contribution in [0.2, 0.25) is 0 Å². The van der Waals surface area contributed by atoms with Gasteiger partial charge in [0, 0.05) is 45.6 Å². The Hall–Kier alpha value is -1.66. The molecule has 1 aliphatic rings. The Morgan fingerprint density at radius 1 is 0.806 bits per heavy atom. The summed E-state index contributed by atoms with van der Waals surface area (Å²) in [7, 11) is 0. The van der Waals surface area contributed by atoms with Gasteiger partial charge < -0.3 is 15.4 Å². The first-order valence-corrected chi connectivity index (χ1v) is 12.2. The first kappa shape index (κ1) is 27.4. The van der Waals surface area contributed by atoms with E-state index in [1.54, 1.807) is 0 Å². The van der Waals surface area contributed by atoms with Crippen LogP contribution in [0, 0.1) is 0 Å². The molecule has 0 saturated carbocycles. The van der Waals surface area contributed by atoms with Crippen molar-refractivity contribution in [2.75, 3.05) is 39.3 Å². The van der Waals surface area contributed by atoms with Crippen LogP contribution in [0.15, 0.2) is 25.3 Å². The predicted octanol–water partition coefficient (Wildman–Crippen LogP) is 3.97. The number of amides is 2. The summed E-state index contributed by atoms with van der Waals surface area (Å²) >= 11 is 0. The molecule has 6 nitrogen and oxygen atoms in total. The molecule has 1 heterocycles. The van der Waals surface area contributed by atoms with Crippen molar-refractivity contribution < 1.29 is 14.3 Å².